The van der Waals surface area contributed by atoms with Gasteiger partial charge in [0.05, 0.1) is 5.75 Å². The van der Waals surface area contributed by atoms with Gasteiger partial charge < -0.3 is 4.74 Å². The second kappa shape index (κ2) is 9.23. The van der Waals surface area contributed by atoms with E-state index < -0.39 is 12.0 Å². The Morgan fingerprint density at radius 3 is 2.46 bits per heavy atom. The highest BCUT2D eigenvalue weighted by molar-refractivity contribution is 8.00. The molecule has 0 unspecified atom stereocenters. The van der Waals surface area contributed by atoms with E-state index in [0.29, 0.717) is 5.75 Å². The lowest BCUT2D eigenvalue weighted by Crippen LogP contribution is -2.47. The number of hydrazine groups is 1. The average molecular weight is 398 g/mol. The molecule has 0 radical (unpaired) electrons. The van der Waals surface area contributed by atoms with Gasteiger partial charge in [-0.2, -0.15) is 0 Å². The minimum absolute atomic E-state index is 0.159. The molecule has 3 rings (SSSR count). The highest BCUT2D eigenvalue weighted by atomic mass is 32.2. The molecule has 3 aromatic carbocycles. The van der Waals surface area contributed by atoms with Crippen molar-refractivity contribution in [2.45, 2.75) is 17.9 Å². The van der Waals surface area contributed by atoms with Crippen LogP contribution in [0.15, 0.2) is 71.6 Å². The maximum Gasteiger partial charge on any atom is 0.279 e. The van der Waals surface area contributed by atoms with Gasteiger partial charge in [-0.1, -0.05) is 30.3 Å². The van der Waals surface area contributed by atoms with Crippen LogP contribution >= 0.6 is 11.8 Å². The Morgan fingerprint density at radius 2 is 1.71 bits per heavy atom. The summed E-state index contributed by atoms with van der Waals surface area (Å²) in [5.41, 5.74) is 4.70. The number of carbonyl (C=O) groups is 2. The fourth-order valence-corrected chi connectivity index (χ4v) is 3.19. The summed E-state index contributed by atoms with van der Waals surface area (Å²) in [6.45, 7) is 1.54. The molecule has 0 aliphatic rings. The molecule has 3 aromatic rings. The Kier molecular flexibility index (Phi) is 6.49. The topological polar surface area (TPSA) is 67.4 Å². The van der Waals surface area contributed by atoms with Gasteiger partial charge in [-0.3, -0.25) is 20.4 Å². The lowest BCUT2D eigenvalue weighted by atomic mass is 10.1. The number of nitrogens with one attached hydrogen (secondary N) is 2. The summed E-state index contributed by atoms with van der Waals surface area (Å²) in [7, 11) is 0. The summed E-state index contributed by atoms with van der Waals surface area (Å²) >= 11 is 1.38. The van der Waals surface area contributed by atoms with E-state index in [9.17, 15) is 14.0 Å². The van der Waals surface area contributed by atoms with Crippen LogP contribution < -0.4 is 15.6 Å². The van der Waals surface area contributed by atoms with E-state index in [1.165, 1.54) is 43.0 Å². The maximum atomic E-state index is 12.9. The minimum Gasteiger partial charge on any atom is -0.481 e. The molecule has 0 aliphatic heterocycles. The second-order valence-electron chi connectivity index (χ2n) is 6.05. The molecule has 0 bridgehead atoms. The molecule has 0 fully saturated rings. The molecule has 1 atom stereocenters. The number of halogens is 1. The molecule has 2 N–H and O–H groups in total. The predicted octanol–water partition coefficient (Wildman–Crippen LogP) is 3.69. The van der Waals surface area contributed by atoms with Gasteiger partial charge in [0.2, 0.25) is 5.91 Å². The Morgan fingerprint density at radius 1 is 1.00 bits per heavy atom. The normalized spacial score (nSPS) is 11.6. The van der Waals surface area contributed by atoms with E-state index >= 15 is 0 Å². The zero-order chi connectivity index (χ0) is 19.9. The van der Waals surface area contributed by atoms with Crippen molar-refractivity contribution in [2.24, 2.45) is 0 Å². The van der Waals surface area contributed by atoms with E-state index in [1.807, 2.05) is 42.5 Å². The van der Waals surface area contributed by atoms with Crippen LogP contribution in [0.25, 0.3) is 10.8 Å². The number of ether oxygens (including phenoxy) is 1. The molecule has 0 heterocycles. The van der Waals surface area contributed by atoms with Crippen molar-refractivity contribution in [3.05, 3.63) is 72.5 Å². The third-order valence-corrected chi connectivity index (χ3v) is 4.91. The van der Waals surface area contributed by atoms with E-state index in [4.69, 9.17) is 4.74 Å². The molecule has 28 heavy (non-hydrogen) atoms. The SMILES string of the molecule is C[C@H](Oc1ccc(F)cc1)C(=O)NNC(=O)CSc1ccc2ccccc2c1. The molecule has 5 nitrogen and oxygen atoms in total. The van der Waals surface area contributed by atoms with Crippen molar-refractivity contribution < 1.29 is 18.7 Å². The number of thioether (sulfide) groups is 1. The van der Waals surface area contributed by atoms with Crippen LogP contribution in [0.5, 0.6) is 5.75 Å². The maximum absolute atomic E-state index is 12.9. The summed E-state index contributed by atoms with van der Waals surface area (Å²) in [6.07, 6.45) is -0.848. The third-order valence-electron chi connectivity index (χ3n) is 3.91. The van der Waals surface area contributed by atoms with Crippen LogP contribution in [0, 0.1) is 5.82 Å². The minimum atomic E-state index is -0.848. The number of carbonyl (C=O) groups excluding carboxylic acids is 2. The quantitative estimate of drug-likeness (QED) is 0.491. The molecule has 144 valence electrons. The van der Waals surface area contributed by atoms with Crippen LogP contribution in [0.3, 0.4) is 0 Å². The van der Waals surface area contributed by atoms with Crippen LogP contribution in [-0.4, -0.2) is 23.7 Å². The number of amides is 2. The molecule has 0 aromatic heterocycles. The van der Waals surface area contributed by atoms with Crippen molar-refractivity contribution in [1.82, 2.24) is 10.9 Å². The van der Waals surface area contributed by atoms with Crippen molar-refractivity contribution in [2.75, 3.05) is 5.75 Å². The summed E-state index contributed by atoms with van der Waals surface area (Å²) in [5, 5.41) is 2.24. The summed E-state index contributed by atoms with van der Waals surface area (Å²) in [5.74, 6) is -0.706. The van der Waals surface area contributed by atoms with Gasteiger partial charge in [0.15, 0.2) is 6.10 Å². The molecule has 0 aliphatic carbocycles. The first-order chi connectivity index (χ1) is 13.5. The Hall–Kier alpha value is -3.06. The Bertz CT molecular complexity index is 979. The highest BCUT2D eigenvalue weighted by Crippen LogP contribution is 2.23. The number of benzene rings is 3. The lowest BCUT2D eigenvalue weighted by Gasteiger charge is -2.15. The standard InChI is InChI=1S/C21H19FN2O3S/c1-14(27-18-9-7-17(22)8-10-18)21(26)24-23-20(25)13-28-19-11-6-15-4-2-3-5-16(15)12-19/h2-12,14H,13H2,1H3,(H,23,25)(H,24,26)/t14-/m0/s1. The second-order valence-corrected chi connectivity index (χ2v) is 7.10. The summed E-state index contributed by atoms with van der Waals surface area (Å²) in [4.78, 5) is 24.9. The van der Waals surface area contributed by atoms with E-state index in [0.717, 1.165) is 15.7 Å². The highest BCUT2D eigenvalue weighted by Gasteiger charge is 2.15. The molecular weight excluding hydrogens is 379 g/mol. The van der Waals surface area contributed by atoms with Crippen LogP contribution in [0.1, 0.15) is 6.92 Å². The Balaban J connectivity index is 1.43. The molecule has 0 saturated heterocycles. The molecule has 0 spiro atoms. The molecular formula is C21H19FN2O3S. The zero-order valence-electron chi connectivity index (χ0n) is 15.1. The largest absolute Gasteiger partial charge is 0.481 e. The predicted molar refractivity (Wildman–Crippen MR) is 107 cm³/mol. The third kappa shape index (κ3) is 5.47. The van der Waals surface area contributed by atoms with Gasteiger partial charge in [0.1, 0.15) is 11.6 Å². The van der Waals surface area contributed by atoms with Crippen molar-refractivity contribution in [1.29, 1.82) is 0 Å². The van der Waals surface area contributed by atoms with E-state index in [-0.39, 0.29) is 17.5 Å². The molecule has 0 saturated carbocycles. The monoisotopic (exact) mass is 398 g/mol. The average Bonchev–Trinajstić information content (AvgIpc) is 2.71. The van der Waals surface area contributed by atoms with E-state index in [2.05, 4.69) is 10.9 Å². The van der Waals surface area contributed by atoms with Gasteiger partial charge in [0, 0.05) is 4.90 Å². The number of rotatable bonds is 6. The van der Waals surface area contributed by atoms with Gasteiger partial charge in [-0.05, 0) is 54.1 Å². The van der Waals surface area contributed by atoms with Crippen LogP contribution in [-0.2, 0) is 9.59 Å². The number of hydrogen-bond acceptors (Lipinski definition) is 4. The van der Waals surface area contributed by atoms with Crippen molar-refractivity contribution >= 4 is 34.3 Å². The summed E-state index contributed by atoms with van der Waals surface area (Å²) < 4.78 is 18.3. The first kappa shape index (κ1) is 19.7. The molecule has 7 heteroatoms. The van der Waals surface area contributed by atoms with Crippen molar-refractivity contribution in [3.63, 3.8) is 0 Å². The molecule has 2 amide bonds. The number of fused-ring (bicyclic) bond motifs is 1. The summed E-state index contributed by atoms with van der Waals surface area (Å²) in [6, 6.07) is 19.3. The van der Waals surface area contributed by atoms with Crippen LogP contribution in [0.2, 0.25) is 0 Å². The van der Waals surface area contributed by atoms with Gasteiger partial charge >= 0.3 is 0 Å². The Labute approximate surface area is 166 Å². The lowest BCUT2D eigenvalue weighted by molar-refractivity contribution is -0.131. The first-order valence-corrected chi connectivity index (χ1v) is 9.62. The van der Waals surface area contributed by atoms with Crippen molar-refractivity contribution in [3.8, 4) is 5.75 Å². The number of hydrogen-bond donors (Lipinski definition) is 2. The van der Waals surface area contributed by atoms with Gasteiger partial charge in [-0.25, -0.2) is 4.39 Å². The fraction of sp³-hybridized carbons (Fsp3) is 0.143. The zero-order valence-corrected chi connectivity index (χ0v) is 16.0. The van der Waals surface area contributed by atoms with Crippen LogP contribution in [0.4, 0.5) is 4.39 Å². The first-order valence-electron chi connectivity index (χ1n) is 8.64. The smallest absolute Gasteiger partial charge is 0.279 e. The van der Waals surface area contributed by atoms with Gasteiger partial charge in [-0.15, -0.1) is 11.8 Å². The van der Waals surface area contributed by atoms with E-state index in [1.54, 1.807) is 0 Å². The van der Waals surface area contributed by atoms with Gasteiger partial charge in [0.25, 0.3) is 5.91 Å². The fourth-order valence-electron chi connectivity index (χ4n) is 2.45.